The van der Waals surface area contributed by atoms with Crippen LogP contribution >= 0.6 is 0 Å². The number of likely N-dealkylation sites (tertiary alicyclic amines) is 1. The summed E-state index contributed by atoms with van der Waals surface area (Å²) in [6, 6.07) is 11.9. The number of hydrogen-bond donors (Lipinski definition) is 0. The summed E-state index contributed by atoms with van der Waals surface area (Å²) in [7, 11) is 0. The van der Waals surface area contributed by atoms with Crippen LogP contribution in [0.1, 0.15) is 35.8 Å². The van der Waals surface area contributed by atoms with Crippen molar-refractivity contribution in [2.45, 2.75) is 32.0 Å². The molecule has 2 saturated heterocycles. The molecule has 3 aromatic rings. The number of aryl methyl sites for hydroxylation is 1. The maximum atomic E-state index is 13.5. The van der Waals surface area contributed by atoms with Gasteiger partial charge in [-0.05, 0) is 36.2 Å². The van der Waals surface area contributed by atoms with Crippen LogP contribution in [0.15, 0.2) is 48.8 Å². The monoisotopic (exact) mass is 419 g/mol. The first-order valence-corrected chi connectivity index (χ1v) is 10.7. The largest absolute Gasteiger partial charge is 0.347 e. The molecule has 2 aliphatic heterocycles. The third kappa shape index (κ3) is 3.73. The summed E-state index contributed by atoms with van der Waals surface area (Å²) in [6.45, 7) is 4.48. The molecule has 0 bridgehead atoms. The zero-order valence-electron chi connectivity index (χ0n) is 17.5. The first-order chi connectivity index (χ1) is 15.2. The summed E-state index contributed by atoms with van der Waals surface area (Å²) in [5.74, 6) is -0.653. The van der Waals surface area contributed by atoms with Crippen molar-refractivity contribution in [1.29, 1.82) is 0 Å². The number of benzene rings is 1. The molecule has 2 fully saturated rings. The van der Waals surface area contributed by atoms with E-state index in [1.165, 1.54) is 5.56 Å². The molecule has 1 aromatic carbocycles. The summed E-state index contributed by atoms with van der Waals surface area (Å²) >= 11 is 0. The molecule has 8 nitrogen and oxygen atoms in total. The number of carbonyl (C=O) groups excluding carboxylic acids is 1. The lowest BCUT2D eigenvalue weighted by Gasteiger charge is -2.37. The number of ether oxygens (including phenoxy) is 2. The summed E-state index contributed by atoms with van der Waals surface area (Å²) < 4.78 is 13.3. The molecule has 0 atom stereocenters. The first-order valence-electron chi connectivity index (χ1n) is 10.7. The lowest BCUT2D eigenvalue weighted by molar-refractivity contribution is -0.181. The van der Waals surface area contributed by atoms with E-state index in [1.54, 1.807) is 17.1 Å². The Morgan fingerprint density at radius 2 is 1.71 bits per heavy atom. The van der Waals surface area contributed by atoms with Crippen molar-refractivity contribution < 1.29 is 14.3 Å². The minimum absolute atomic E-state index is 0.129. The Hall–Kier alpha value is -3.10. The maximum Gasteiger partial charge on any atom is 0.276 e. The third-order valence-corrected chi connectivity index (χ3v) is 6.04. The third-order valence-electron chi connectivity index (χ3n) is 6.04. The Morgan fingerprint density at radius 1 is 1.03 bits per heavy atom. The van der Waals surface area contributed by atoms with Gasteiger partial charge in [-0.15, -0.1) is 5.10 Å². The van der Waals surface area contributed by atoms with Crippen LogP contribution in [0.2, 0.25) is 0 Å². The van der Waals surface area contributed by atoms with Crippen LogP contribution in [0.5, 0.6) is 0 Å². The fourth-order valence-electron chi connectivity index (χ4n) is 4.23. The van der Waals surface area contributed by atoms with Crippen LogP contribution in [0.4, 0.5) is 0 Å². The predicted octanol–water partition coefficient (Wildman–Crippen LogP) is 2.87. The second kappa shape index (κ2) is 8.20. The molecule has 2 aliphatic rings. The minimum Gasteiger partial charge on any atom is -0.347 e. The number of nitrogens with zero attached hydrogens (tertiary/aromatic N) is 5. The lowest BCUT2D eigenvalue weighted by Crippen LogP contribution is -2.47. The smallest absolute Gasteiger partial charge is 0.276 e. The average molecular weight is 419 g/mol. The van der Waals surface area contributed by atoms with Crippen molar-refractivity contribution in [3.63, 3.8) is 0 Å². The van der Waals surface area contributed by atoms with E-state index in [0.29, 0.717) is 50.5 Å². The van der Waals surface area contributed by atoms with Crippen LogP contribution in [0.3, 0.4) is 0 Å². The summed E-state index contributed by atoms with van der Waals surface area (Å²) in [5.41, 5.74) is 3.96. The number of piperidine rings is 1. The topological polar surface area (TPSA) is 82.4 Å². The van der Waals surface area contributed by atoms with E-state index in [0.717, 1.165) is 17.7 Å². The Balaban J connectivity index is 1.48. The molecule has 0 radical (unpaired) electrons. The molecule has 5 rings (SSSR count). The molecular weight excluding hydrogens is 394 g/mol. The number of amides is 1. The van der Waals surface area contributed by atoms with Gasteiger partial charge in [-0.3, -0.25) is 9.78 Å². The normalized spacial score (nSPS) is 17.9. The summed E-state index contributed by atoms with van der Waals surface area (Å²) in [4.78, 5) is 19.4. The highest BCUT2D eigenvalue weighted by Gasteiger charge is 2.41. The zero-order chi connectivity index (χ0) is 21.3. The van der Waals surface area contributed by atoms with Crippen molar-refractivity contribution in [2.75, 3.05) is 26.3 Å². The van der Waals surface area contributed by atoms with Gasteiger partial charge in [0.05, 0.1) is 18.9 Å². The SMILES string of the molecule is CCc1ccc(-n2nnc(C(=O)N3CCC4(CC3)OCCO4)c2-c2ccncc2)cc1. The Morgan fingerprint density at radius 3 is 2.35 bits per heavy atom. The van der Waals surface area contributed by atoms with Crippen LogP contribution < -0.4 is 0 Å². The van der Waals surface area contributed by atoms with Crippen molar-refractivity contribution in [3.8, 4) is 16.9 Å². The molecule has 0 N–H and O–H groups in total. The van der Waals surface area contributed by atoms with E-state index in [4.69, 9.17) is 9.47 Å². The number of aromatic nitrogens is 4. The van der Waals surface area contributed by atoms with Crippen LogP contribution in [-0.4, -0.2) is 62.9 Å². The van der Waals surface area contributed by atoms with Crippen molar-refractivity contribution in [3.05, 3.63) is 60.0 Å². The number of carbonyl (C=O) groups is 1. The zero-order valence-corrected chi connectivity index (χ0v) is 17.5. The second-order valence-electron chi connectivity index (χ2n) is 7.85. The molecule has 0 aliphatic carbocycles. The van der Waals surface area contributed by atoms with Gasteiger partial charge >= 0.3 is 0 Å². The van der Waals surface area contributed by atoms with Gasteiger partial charge in [0.25, 0.3) is 5.91 Å². The van der Waals surface area contributed by atoms with Crippen LogP contribution in [-0.2, 0) is 15.9 Å². The van der Waals surface area contributed by atoms with Crippen molar-refractivity contribution in [1.82, 2.24) is 24.9 Å². The fraction of sp³-hybridized carbons (Fsp3) is 0.391. The Kier molecular flexibility index (Phi) is 5.25. The Bertz CT molecular complexity index is 1050. The fourth-order valence-corrected chi connectivity index (χ4v) is 4.23. The molecule has 0 unspecified atom stereocenters. The summed E-state index contributed by atoms with van der Waals surface area (Å²) in [6.07, 6.45) is 5.70. The van der Waals surface area contributed by atoms with E-state index in [2.05, 4.69) is 34.4 Å². The minimum atomic E-state index is -0.524. The number of rotatable bonds is 4. The molecule has 2 aromatic heterocycles. The number of hydrogen-bond acceptors (Lipinski definition) is 6. The highest BCUT2D eigenvalue weighted by atomic mass is 16.7. The quantitative estimate of drug-likeness (QED) is 0.647. The second-order valence-corrected chi connectivity index (χ2v) is 7.85. The average Bonchev–Trinajstić information content (AvgIpc) is 3.47. The van der Waals surface area contributed by atoms with Gasteiger partial charge in [0.15, 0.2) is 11.5 Å². The van der Waals surface area contributed by atoms with Crippen LogP contribution in [0.25, 0.3) is 16.9 Å². The molecule has 8 heteroatoms. The van der Waals surface area contributed by atoms with E-state index >= 15 is 0 Å². The van der Waals surface area contributed by atoms with Crippen molar-refractivity contribution >= 4 is 5.91 Å². The first kappa shape index (κ1) is 19.8. The molecule has 4 heterocycles. The summed E-state index contributed by atoms with van der Waals surface area (Å²) in [5, 5.41) is 8.67. The van der Waals surface area contributed by atoms with E-state index in [-0.39, 0.29) is 5.91 Å². The van der Waals surface area contributed by atoms with Crippen LogP contribution in [0, 0.1) is 0 Å². The molecule has 1 spiro atoms. The van der Waals surface area contributed by atoms with Gasteiger partial charge in [0, 0.05) is 43.9 Å². The molecule has 160 valence electrons. The van der Waals surface area contributed by atoms with E-state index in [9.17, 15) is 4.79 Å². The molecule has 31 heavy (non-hydrogen) atoms. The molecule has 0 saturated carbocycles. The lowest BCUT2D eigenvalue weighted by atomic mass is 10.0. The predicted molar refractivity (Wildman–Crippen MR) is 114 cm³/mol. The molecule has 1 amide bonds. The van der Waals surface area contributed by atoms with Gasteiger partial charge in [0.2, 0.25) is 0 Å². The van der Waals surface area contributed by atoms with Gasteiger partial charge in [-0.2, -0.15) is 0 Å². The highest BCUT2D eigenvalue weighted by molar-refractivity contribution is 5.98. The maximum absolute atomic E-state index is 13.5. The van der Waals surface area contributed by atoms with E-state index < -0.39 is 5.79 Å². The number of pyridine rings is 1. The van der Waals surface area contributed by atoms with E-state index in [1.807, 2.05) is 29.2 Å². The van der Waals surface area contributed by atoms with Gasteiger partial charge in [-0.1, -0.05) is 24.3 Å². The van der Waals surface area contributed by atoms with Gasteiger partial charge in [0.1, 0.15) is 5.69 Å². The van der Waals surface area contributed by atoms with Gasteiger partial charge in [-0.25, -0.2) is 4.68 Å². The highest BCUT2D eigenvalue weighted by Crippen LogP contribution is 2.33. The van der Waals surface area contributed by atoms with Gasteiger partial charge < -0.3 is 14.4 Å². The Labute approximate surface area is 180 Å². The van der Waals surface area contributed by atoms with Crippen molar-refractivity contribution in [2.24, 2.45) is 0 Å². The standard InChI is InChI=1S/C23H25N5O3/c1-2-17-3-5-19(6-4-17)28-21(18-7-11-24-12-8-18)20(25-26-28)22(29)27-13-9-23(10-14-27)30-15-16-31-23/h3-8,11-12H,2,9-10,13-16H2,1H3. The molecular formula is C23H25N5O3.